The molecule has 0 aliphatic carbocycles. The number of hydrogen-bond donors (Lipinski definition) is 1. The van der Waals surface area contributed by atoms with Crippen molar-refractivity contribution >= 4 is 23.4 Å². The molecule has 0 fully saturated rings. The lowest BCUT2D eigenvalue weighted by molar-refractivity contribution is 0.185. The quantitative estimate of drug-likeness (QED) is 0.574. The van der Waals surface area contributed by atoms with E-state index in [9.17, 15) is 9.90 Å². The van der Waals surface area contributed by atoms with E-state index in [1.54, 1.807) is 33.1 Å². The smallest absolute Gasteiger partial charge is 0.412 e. The van der Waals surface area contributed by atoms with Crippen LogP contribution in [0.5, 0.6) is 0 Å². The second-order valence-corrected chi connectivity index (χ2v) is 6.84. The van der Waals surface area contributed by atoms with Crippen LogP contribution in [0.3, 0.4) is 0 Å². The number of methoxy groups -OCH3 is 1. The number of rotatable bonds is 6. The lowest BCUT2D eigenvalue weighted by Crippen LogP contribution is -2.33. The predicted molar refractivity (Wildman–Crippen MR) is 108 cm³/mol. The van der Waals surface area contributed by atoms with Gasteiger partial charge in [0.15, 0.2) is 5.76 Å². The molecule has 0 radical (unpaired) electrons. The lowest BCUT2D eigenvalue weighted by atomic mass is 10.0. The van der Waals surface area contributed by atoms with E-state index in [0.29, 0.717) is 34.3 Å². The highest BCUT2D eigenvalue weighted by atomic mass is 35.5. The van der Waals surface area contributed by atoms with Crippen molar-refractivity contribution in [2.24, 2.45) is 0 Å². The topological polar surface area (TPSA) is 75.8 Å². The maximum absolute atomic E-state index is 12.2. The zero-order chi connectivity index (χ0) is 20.3. The Kier molecular flexibility index (Phi) is 6.02. The molecule has 1 unspecified atom stereocenters. The minimum Gasteiger partial charge on any atom is -0.465 e. The molecule has 6 nitrogen and oxygen atoms in total. The van der Waals surface area contributed by atoms with Gasteiger partial charge in [0.1, 0.15) is 11.4 Å². The molecule has 1 N–H and O–H groups in total. The summed E-state index contributed by atoms with van der Waals surface area (Å²) in [5.74, 6) is 0.386. The third kappa shape index (κ3) is 3.88. The van der Waals surface area contributed by atoms with Crippen LogP contribution in [0.25, 0.3) is 11.3 Å². The third-order valence-electron chi connectivity index (χ3n) is 4.52. The van der Waals surface area contributed by atoms with E-state index in [1.807, 2.05) is 36.4 Å². The highest BCUT2D eigenvalue weighted by Crippen LogP contribution is 2.39. The van der Waals surface area contributed by atoms with E-state index in [0.717, 1.165) is 11.1 Å². The monoisotopic (exact) mass is 400 g/mol. The molecule has 0 saturated carbocycles. The summed E-state index contributed by atoms with van der Waals surface area (Å²) in [6, 6.07) is 14.2. The van der Waals surface area contributed by atoms with Gasteiger partial charge in [-0.1, -0.05) is 53.2 Å². The summed E-state index contributed by atoms with van der Waals surface area (Å²) in [4.78, 5) is 13.5. The Morgan fingerprint density at radius 2 is 2.04 bits per heavy atom. The number of hydrogen-bond acceptors (Lipinski definition) is 4. The molecule has 1 atom stereocenters. The van der Waals surface area contributed by atoms with Crippen LogP contribution in [0.15, 0.2) is 53.1 Å². The van der Waals surface area contributed by atoms with Crippen molar-refractivity contribution in [3.05, 3.63) is 70.4 Å². The molecule has 0 bridgehead atoms. The van der Waals surface area contributed by atoms with Gasteiger partial charge in [0.05, 0.1) is 12.6 Å². The number of ether oxygens (including phenoxy) is 1. The second kappa shape index (κ2) is 8.46. The molecule has 1 aromatic heterocycles. The summed E-state index contributed by atoms with van der Waals surface area (Å²) in [5, 5.41) is 14.5. The van der Waals surface area contributed by atoms with Gasteiger partial charge in [-0.25, -0.2) is 4.79 Å². The van der Waals surface area contributed by atoms with Crippen LogP contribution >= 0.6 is 11.6 Å². The molecular weight excluding hydrogens is 380 g/mol. The number of nitrogens with zero attached hydrogens (tertiary/aromatic N) is 2. The molecule has 2 aromatic carbocycles. The minimum absolute atomic E-state index is 0.386. The molecule has 3 rings (SSSR count). The Hall–Kier alpha value is -2.83. The van der Waals surface area contributed by atoms with E-state index in [-0.39, 0.29) is 0 Å². The van der Waals surface area contributed by atoms with Gasteiger partial charge in [0.2, 0.25) is 0 Å². The van der Waals surface area contributed by atoms with E-state index in [2.05, 4.69) is 5.16 Å². The predicted octanol–water partition coefficient (Wildman–Crippen LogP) is 5.70. The molecule has 28 heavy (non-hydrogen) atoms. The molecule has 1 amide bonds. The van der Waals surface area contributed by atoms with Crippen LogP contribution < -0.4 is 4.90 Å². The van der Waals surface area contributed by atoms with Crippen molar-refractivity contribution in [3.63, 3.8) is 0 Å². The molecular formula is C21H21ClN2O4. The Morgan fingerprint density at radius 3 is 2.71 bits per heavy atom. The van der Waals surface area contributed by atoms with Crippen LogP contribution in [0.2, 0.25) is 5.02 Å². The maximum atomic E-state index is 12.2. The van der Waals surface area contributed by atoms with Gasteiger partial charge in [-0.3, -0.25) is 4.90 Å². The first-order valence-corrected chi connectivity index (χ1v) is 9.13. The van der Waals surface area contributed by atoms with Crippen molar-refractivity contribution in [1.29, 1.82) is 0 Å². The number of carbonyl (C=O) groups is 1. The Balaban J connectivity index is 2.11. The molecule has 0 aliphatic rings. The van der Waals surface area contributed by atoms with Crippen LogP contribution in [-0.2, 0) is 11.3 Å². The fourth-order valence-corrected chi connectivity index (χ4v) is 3.51. The van der Waals surface area contributed by atoms with E-state index < -0.39 is 12.1 Å². The van der Waals surface area contributed by atoms with E-state index in [1.165, 1.54) is 4.90 Å². The van der Waals surface area contributed by atoms with Gasteiger partial charge in [-0.05, 0) is 37.1 Å². The molecule has 146 valence electrons. The largest absolute Gasteiger partial charge is 0.465 e. The first kappa shape index (κ1) is 19.9. The van der Waals surface area contributed by atoms with Gasteiger partial charge in [-0.2, -0.15) is 0 Å². The summed E-state index contributed by atoms with van der Waals surface area (Å²) in [6.45, 7) is 3.94. The average molecular weight is 401 g/mol. The summed E-state index contributed by atoms with van der Waals surface area (Å²) < 4.78 is 10.7. The van der Waals surface area contributed by atoms with Gasteiger partial charge < -0.3 is 14.4 Å². The fraction of sp³-hybridized carbons (Fsp3) is 0.238. The van der Waals surface area contributed by atoms with Crippen molar-refractivity contribution in [1.82, 2.24) is 5.16 Å². The van der Waals surface area contributed by atoms with E-state index >= 15 is 0 Å². The summed E-state index contributed by atoms with van der Waals surface area (Å²) in [7, 11) is 1.62. The number of benzene rings is 2. The second-order valence-electron chi connectivity index (χ2n) is 6.43. The van der Waals surface area contributed by atoms with Crippen LogP contribution in [0.4, 0.5) is 10.5 Å². The molecule has 0 saturated heterocycles. The zero-order valence-electron chi connectivity index (χ0n) is 15.8. The van der Waals surface area contributed by atoms with Crippen LogP contribution in [0.1, 0.15) is 29.8 Å². The standard InChI is InChI=1S/C21H21ClN2O4/c1-13-19(20(28-23-13)16-8-6-7-15(11-16)12-27-3)24(21(25)26)14(2)17-9-4-5-10-18(17)22/h4-11,14H,12H2,1-3H3,(H,25,26). The van der Waals surface area contributed by atoms with Crippen molar-refractivity contribution in [3.8, 4) is 11.3 Å². The van der Waals surface area contributed by atoms with Gasteiger partial charge in [-0.15, -0.1) is 0 Å². The molecule has 0 spiro atoms. The number of aryl methyl sites for hydroxylation is 1. The van der Waals surface area contributed by atoms with Gasteiger partial charge >= 0.3 is 6.09 Å². The SMILES string of the molecule is COCc1cccc(-c2onc(C)c2N(C(=O)O)C(C)c2ccccc2Cl)c1. The normalized spacial score (nSPS) is 12.0. The average Bonchev–Trinajstić information content (AvgIpc) is 3.04. The van der Waals surface area contributed by atoms with Crippen LogP contribution in [-0.4, -0.2) is 23.5 Å². The Bertz CT molecular complexity index is 986. The number of anilines is 1. The van der Waals surface area contributed by atoms with Crippen LogP contribution in [0, 0.1) is 6.92 Å². The highest BCUT2D eigenvalue weighted by Gasteiger charge is 2.31. The highest BCUT2D eigenvalue weighted by molar-refractivity contribution is 6.31. The Morgan fingerprint density at radius 1 is 1.29 bits per heavy atom. The van der Waals surface area contributed by atoms with Gasteiger partial charge in [0.25, 0.3) is 0 Å². The fourth-order valence-electron chi connectivity index (χ4n) is 3.21. The lowest BCUT2D eigenvalue weighted by Gasteiger charge is -2.27. The number of amides is 1. The summed E-state index contributed by atoms with van der Waals surface area (Å²) in [5.41, 5.74) is 3.25. The summed E-state index contributed by atoms with van der Waals surface area (Å²) >= 11 is 6.31. The number of aromatic nitrogens is 1. The zero-order valence-corrected chi connectivity index (χ0v) is 16.6. The van der Waals surface area contributed by atoms with Crippen molar-refractivity contribution in [2.75, 3.05) is 12.0 Å². The first-order valence-electron chi connectivity index (χ1n) is 8.75. The summed E-state index contributed by atoms with van der Waals surface area (Å²) in [6.07, 6.45) is -1.12. The molecule has 1 heterocycles. The molecule has 0 aliphatic heterocycles. The van der Waals surface area contributed by atoms with Gasteiger partial charge in [0, 0.05) is 17.7 Å². The number of carboxylic acid groups (broad SMARTS) is 1. The minimum atomic E-state index is -1.12. The number of halogens is 1. The third-order valence-corrected chi connectivity index (χ3v) is 4.87. The van der Waals surface area contributed by atoms with Crippen molar-refractivity contribution in [2.45, 2.75) is 26.5 Å². The first-order chi connectivity index (χ1) is 13.4. The maximum Gasteiger partial charge on any atom is 0.412 e. The molecule has 7 heteroatoms. The Labute approximate surface area is 168 Å². The van der Waals surface area contributed by atoms with Crippen molar-refractivity contribution < 1.29 is 19.2 Å². The molecule has 3 aromatic rings. The van der Waals surface area contributed by atoms with E-state index in [4.69, 9.17) is 20.9 Å².